The number of fused-ring (bicyclic) bond motifs is 1. The number of carbonyl (C=O) groups excluding carboxylic acids is 2. The van der Waals surface area contributed by atoms with Gasteiger partial charge in [0.05, 0.1) is 10.6 Å². The van der Waals surface area contributed by atoms with Gasteiger partial charge in [-0.25, -0.2) is 9.29 Å². The van der Waals surface area contributed by atoms with Gasteiger partial charge in [-0.3, -0.25) is 19.7 Å². The lowest BCUT2D eigenvalue weighted by Gasteiger charge is -2.15. The van der Waals surface area contributed by atoms with E-state index in [1.807, 2.05) is 0 Å². The van der Waals surface area contributed by atoms with Gasteiger partial charge >= 0.3 is 0 Å². The Hall–Kier alpha value is -3.62. The third-order valence-electron chi connectivity index (χ3n) is 4.25. The molecule has 0 spiro atoms. The second kappa shape index (κ2) is 5.73. The Labute approximate surface area is 145 Å². The molecule has 1 saturated heterocycles. The van der Waals surface area contributed by atoms with Crippen LogP contribution in [0.4, 0.5) is 15.8 Å². The lowest BCUT2D eigenvalue weighted by atomic mass is 9.94. The smallest absolute Gasteiger partial charge is 0.278 e. The van der Waals surface area contributed by atoms with Gasteiger partial charge in [0.1, 0.15) is 17.4 Å². The molecule has 0 aliphatic carbocycles. The number of hydrogen-bond acceptors (Lipinski definition) is 6. The summed E-state index contributed by atoms with van der Waals surface area (Å²) in [5.41, 5.74) is 0.647. The highest BCUT2D eigenvalue weighted by molar-refractivity contribution is 6.32. The number of nitro groups is 1. The molecule has 9 heteroatoms. The number of nitrogens with zero attached hydrogens (tertiary/aromatic N) is 3. The number of imide groups is 1. The Kier molecular flexibility index (Phi) is 3.50. The summed E-state index contributed by atoms with van der Waals surface area (Å²) in [5, 5.41) is 14.6. The van der Waals surface area contributed by atoms with Crippen molar-refractivity contribution in [2.45, 2.75) is 6.10 Å². The number of halogens is 1. The van der Waals surface area contributed by atoms with Crippen molar-refractivity contribution in [3.63, 3.8) is 0 Å². The van der Waals surface area contributed by atoms with Gasteiger partial charge in [0, 0.05) is 17.7 Å². The minimum Gasteiger partial charge on any atom is -0.381 e. The van der Waals surface area contributed by atoms with Crippen molar-refractivity contribution in [2.75, 3.05) is 4.90 Å². The molecular formula is C17H10FN3O5. The molecule has 26 heavy (non-hydrogen) atoms. The summed E-state index contributed by atoms with van der Waals surface area (Å²) in [6.07, 6.45) is -1.13. The van der Waals surface area contributed by atoms with Gasteiger partial charge in [-0.05, 0) is 30.3 Å². The fourth-order valence-electron chi connectivity index (χ4n) is 3.04. The van der Waals surface area contributed by atoms with Crippen molar-refractivity contribution in [2.24, 2.45) is 11.1 Å². The average Bonchev–Trinajstić information content (AvgIpc) is 3.16. The molecule has 0 aromatic heterocycles. The summed E-state index contributed by atoms with van der Waals surface area (Å²) in [7, 11) is 0. The van der Waals surface area contributed by atoms with Crippen LogP contribution in [-0.2, 0) is 14.4 Å². The molecule has 0 bridgehead atoms. The quantitative estimate of drug-likeness (QED) is 0.476. The molecule has 130 valence electrons. The first-order valence-electron chi connectivity index (χ1n) is 7.59. The maximum Gasteiger partial charge on any atom is 0.278 e. The maximum atomic E-state index is 13.5. The predicted molar refractivity (Wildman–Crippen MR) is 86.9 cm³/mol. The number of nitro benzene ring substituents is 1. The minimum absolute atomic E-state index is 0.111. The maximum absolute atomic E-state index is 13.5. The lowest BCUT2D eigenvalue weighted by Crippen LogP contribution is -2.33. The van der Waals surface area contributed by atoms with Gasteiger partial charge in [0.2, 0.25) is 12.0 Å². The SMILES string of the molecule is O=C1[C@H]2C(c3ccc([N+](=O)[O-])cc3)=NO[C@@H]2C(=O)N1c1cccc(F)c1. The summed E-state index contributed by atoms with van der Waals surface area (Å²) < 4.78 is 13.5. The molecule has 2 heterocycles. The minimum atomic E-state index is -1.13. The Bertz CT molecular complexity index is 973. The van der Waals surface area contributed by atoms with Crippen molar-refractivity contribution in [3.8, 4) is 0 Å². The molecule has 0 radical (unpaired) electrons. The average molecular weight is 355 g/mol. The highest BCUT2D eigenvalue weighted by atomic mass is 19.1. The molecule has 0 N–H and O–H groups in total. The number of carbonyl (C=O) groups is 2. The van der Waals surface area contributed by atoms with Crippen LogP contribution in [0.15, 0.2) is 53.7 Å². The molecule has 2 aliphatic rings. The van der Waals surface area contributed by atoms with Gasteiger partial charge in [-0.15, -0.1) is 0 Å². The van der Waals surface area contributed by atoms with E-state index in [1.165, 1.54) is 42.5 Å². The van der Waals surface area contributed by atoms with Gasteiger partial charge in [0.25, 0.3) is 11.6 Å². The molecule has 4 rings (SSSR count). The monoisotopic (exact) mass is 355 g/mol. The zero-order valence-electron chi connectivity index (χ0n) is 13.0. The summed E-state index contributed by atoms with van der Waals surface area (Å²) in [6, 6.07) is 10.5. The number of oxime groups is 1. The van der Waals surface area contributed by atoms with Gasteiger partial charge in [-0.2, -0.15) is 0 Å². The Balaban J connectivity index is 1.67. The second-order valence-electron chi connectivity index (χ2n) is 5.78. The second-order valence-corrected chi connectivity index (χ2v) is 5.78. The highest BCUT2D eigenvalue weighted by Gasteiger charge is 2.56. The van der Waals surface area contributed by atoms with Crippen LogP contribution in [0.5, 0.6) is 0 Å². The molecule has 2 aromatic rings. The summed E-state index contributed by atoms with van der Waals surface area (Å²) in [6.45, 7) is 0. The zero-order chi connectivity index (χ0) is 18.4. The predicted octanol–water partition coefficient (Wildman–Crippen LogP) is 2.03. The summed E-state index contributed by atoms with van der Waals surface area (Å²) >= 11 is 0. The molecule has 2 aliphatic heterocycles. The Morgan fingerprint density at radius 1 is 1.12 bits per heavy atom. The van der Waals surface area contributed by atoms with Crippen LogP contribution >= 0.6 is 0 Å². The number of anilines is 1. The van der Waals surface area contributed by atoms with Gasteiger partial charge in [-0.1, -0.05) is 11.2 Å². The number of non-ortho nitro benzene ring substituents is 1. The molecular weight excluding hydrogens is 345 g/mol. The van der Waals surface area contributed by atoms with Gasteiger partial charge in [0.15, 0.2) is 0 Å². The van der Waals surface area contributed by atoms with Crippen LogP contribution in [-0.4, -0.2) is 28.6 Å². The molecule has 1 fully saturated rings. The van der Waals surface area contributed by atoms with E-state index in [1.54, 1.807) is 0 Å². The Morgan fingerprint density at radius 2 is 1.85 bits per heavy atom. The molecule has 2 aromatic carbocycles. The van der Waals surface area contributed by atoms with Crippen molar-refractivity contribution >= 4 is 28.9 Å². The standard InChI is InChI=1S/C17H10FN3O5/c18-10-2-1-3-12(8-10)20-16(22)13-14(19-26-15(13)17(20)23)9-4-6-11(7-5-9)21(24)25/h1-8,13,15H/t13-,15-/m0/s1. The van der Waals surface area contributed by atoms with E-state index >= 15 is 0 Å². The Morgan fingerprint density at radius 3 is 2.50 bits per heavy atom. The van der Waals surface area contributed by atoms with E-state index in [0.29, 0.717) is 5.56 Å². The van der Waals surface area contributed by atoms with E-state index in [4.69, 9.17) is 4.84 Å². The molecule has 2 amide bonds. The van der Waals surface area contributed by atoms with Crippen molar-refractivity contribution < 1.29 is 23.7 Å². The normalized spacial score (nSPS) is 21.4. The largest absolute Gasteiger partial charge is 0.381 e. The number of hydrogen-bond donors (Lipinski definition) is 0. The van der Waals surface area contributed by atoms with Crippen LogP contribution < -0.4 is 4.90 Å². The van der Waals surface area contributed by atoms with E-state index in [9.17, 15) is 24.1 Å². The van der Waals surface area contributed by atoms with Crippen LogP contribution in [0.1, 0.15) is 5.56 Å². The van der Waals surface area contributed by atoms with Crippen molar-refractivity contribution in [3.05, 3.63) is 70.0 Å². The van der Waals surface area contributed by atoms with Crippen molar-refractivity contribution in [1.82, 2.24) is 0 Å². The third-order valence-corrected chi connectivity index (χ3v) is 4.25. The first-order chi connectivity index (χ1) is 12.5. The van der Waals surface area contributed by atoms with E-state index in [0.717, 1.165) is 11.0 Å². The van der Waals surface area contributed by atoms with E-state index < -0.39 is 34.6 Å². The number of benzene rings is 2. The third kappa shape index (κ3) is 2.32. The lowest BCUT2D eigenvalue weighted by molar-refractivity contribution is -0.384. The first kappa shape index (κ1) is 15.9. The first-order valence-corrected chi connectivity index (χ1v) is 7.59. The molecule has 8 nitrogen and oxygen atoms in total. The molecule has 0 saturated carbocycles. The van der Waals surface area contributed by atoms with Gasteiger partial charge < -0.3 is 4.84 Å². The van der Waals surface area contributed by atoms with E-state index in [-0.39, 0.29) is 17.1 Å². The van der Waals surface area contributed by atoms with Crippen LogP contribution in [0.2, 0.25) is 0 Å². The van der Waals surface area contributed by atoms with Crippen molar-refractivity contribution in [1.29, 1.82) is 0 Å². The van der Waals surface area contributed by atoms with Crippen LogP contribution in [0, 0.1) is 21.8 Å². The summed E-state index contributed by atoms with van der Waals surface area (Å²) in [4.78, 5) is 41.5. The number of rotatable bonds is 3. The highest BCUT2D eigenvalue weighted by Crippen LogP contribution is 2.35. The van der Waals surface area contributed by atoms with Crippen LogP contribution in [0.3, 0.4) is 0 Å². The van der Waals surface area contributed by atoms with Crippen LogP contribution in [0.25, 0.3) is 0 Å². The fourth-order valence-corrected chi connectivity index (χ4v) is 3.04. The molecule has 0 unspecified atom stereocenters. The molecule has 2 atom stereocenters. The number of amides is 2. The topological polar surface area (TPSA) is 102 Å². The van der Waals surface area contributed by atoms with E-state index in [2.05, 4.69) is 5.16 Å². The summed E-state index contributed by atoms with van der Waals surface area (Å²) in [5.74, 6) is -2.77. The fraction of sp³-hybridized carbons (Fsp3) is 0.118. The zero-order valence-corrected chi connectivity index (χ0v) is 13.0.